The molecule has 0 saturated heterocycles. The summed E-state index contributed by atoms with van der Waals surface area (Å²) in [6.07, 6.45) is -3.41. The lowest BCUT2D eigenvalue weighted by Crippen LogP contribution is -2.24. The van der Waals surface area contributed by atoms with Crippen LogP contribution in [0.5, 0.6) is 11.5 Å². The number of nitrogens with zero attached hydrogens (tertiary/aromatic N) is 3. The van der Waals surface area contributed by atoms with Gasteiger partial charge >= 0.3 is 5.92 Å². The zero-order chi connectivity index (χ0) is 21.6. The van der Waals surface area contributed by atoms with E-state index in [1.54, 1.807) is 6.07 Å². The maximum absolute atomic E-state index is 14.6. The minimum atomic E-state index is -4.27. The van der Waals surface area contributed by atoms with Gasteiger partial charge in [-0.25, -0.2) is 13.0 Å². The second-order valence-electron chi connectivity index (χ2n) is 6.21. The standard InChI is InChI=1S/C18H11F4N3O3S/c1-29(27,25-8-24)13-3-2-12(14-15(13)17(26)18(21,22)16(14)20)28-11-5-9(7-23)4-10(19)6-11/h2-6,16-17,26H,1H3/t16-,17+,29+/m1/s1. The van der Waals surface area contributed by atoms with Crippen molar-refractivity contribution in [2.75, 3.05) is 6.26 Å². The molecule has 0 saturated carbocycles. The fourth-order valence-electron chi connectivity index (χ4n) is 3.02. The molecule has 3 atom stereocenters. The van der Waals surface area contributed by atoms with Crippen molar-refractivity contribution in [3.8, 4) is 23.8 Å². The Morgan fingerprint density at radius 3 is 2.55 bits per heavy atom. The molecule has 11 heteroatoms. The maximum Gasteiger partial charge on any atom is 0.312 e. The van der Waals surface area contributed by atoms with Gasteiger partial charge in [-0.1, -0.05) is 0 Å². The predicted molar refractivity (Wildman–Crippen MR) is 91.8 cm³/mol. The number of nitriles is 2. The Morgan fingerprint density at radius 1 is 1.24 bits per heavy atom. The summed E-state index contributed by atoms with van der Waals surface area (Å²) in [6, 6.07) is 6.57. The molecule has 0 unspecified atom stereocenters. The quantitative estimate of drug-likeness (QED) is 0.588. The van der Waals surface area contributed by atoms with Crippen LogP contribution in [-0.2, 0) is 9.73 Å². The van der Waals surface area contributed by atoms with Crippen molar-refractivity contribution in [2.24, 2.45) is 4.36 Å². The minimum Gasteiger partial charge on any atom is -0.457 e. The second-order valence-corrected chi connectivity index (χ2v) is 8.44. The Morgan fingerprint density at radius 2 is 1.93 bits per heavy atom. The molecule has 1 aliphatic carbocycles. The first kappa shape index (κ1) is 20.6. The lowest BCUT2D eigenvalue weighted by molar-refractivity contribution is -0.143. The molecule has 1 N–H and O–H groups in total. The first-order valence-electron chi connectivity index (χ1n) is 7.88. The third-order valence-corrected chi connectivity index (χ3v) is 5.89. The van der Waals surface area contributed by atoms with Gasteiger partial charge < -0.3 is 9.84 Å². The molecule has 2 aromatic carbocycles. The molecular weight excluding hydrogens is 414 g/mol. The largest absolute Gasteiger partial charge is 0.457 e. The molecule has 0 fully saturated rings. The Labute approximate surface area is 162 Å². The first-order chi connectivity index (χ1) is 13.5. The third-order valence-electron chi connectivity index (χ3n) is 4.29. The molecule has 0 aromatic heterocycles. The van der Waals surface area contributed by atoms with Gasteiger partial charge in [0.1, 0.15) is 23.4 Å². The van der Waals surface area contributed by atoms with Gasteiger partial charge in [0.15, 0.2) is 6.17 Å². The van der Waals surface area contributed by atoms with Crippen LogP contribution in [0.2, 0.25) is 0 Å². The molecule has 150 valence electrons. The highest BCUT2D eigenvalue weighted by Gasteiger charge is 2.58. The Kier molecular flexibility index (Phi) is 4.99. The van der Waals surface area contributed by atoms with Crippen molar-refractivity contribution in [1.29, 1.82) is 10.5 Å². The molecule has 0 radical (unpaired) electrons. The smallest absolute Gasteiger partial charge is 0.312 e. The number of hydrogen-bond donors (Lipinski definition) is 1. The van der Waals surface area contributed by atoms with Crippen LogP contribution in [0.25, 0.3) is 0 Å². The number of alkyl halides is 3. The molecule has 0 aliphatic heterocycles. The molecule has 6 nitrogen and oxygen atoms in total. The summed E-state index contributed by atoms with van der Waals surface area (Å²) in [5, 5.41) is 27.6. The Bertz CT molecular complexity index is 1210. The van der Waals surface area contributed by atoms with E-state index in [4.69, 9.17) is 15.3 Å². The Hall–Kier alpha value is -3.15. The van der Waals surface area contributed by atoms with E-state index >= 15 is 0 Å². The first-order valence-corrected chi connectivity index (χ1v) is 9.80. The van der Waals surface area contributed by atoms with Gasteiger partial charge in [0.25, 0.3) is 0 Å². The molecule has 29 heavy (non-hydrogen) atoms. The summed E-state index contributed by atoms with van der Waals surface area (Å²) in [7, 11) is -3.55. The van der Waals surface area contributed by atoms with Crippen LogP contribution in [0, 0.1) is 28.6 Å². The van der Waals surface area contributed by atoms with Crippen molar-refractivity contribution in [2.45, 2.75) is 23.1 Å². The summed E-state index contributed by atoms with van der Waals surface area (Å²) < 4.78 is 77.7. The highest BCUT2D eigenvalue weighted by Crippen LogP contribution is 2.57. The van der Waals surface area contributed by atoms with E-state index in [0.29, 0.717) is 0 Å². The van der Waals surface area contributed by atoms with E-state index in [9.17, 15) is 26.9 Å². The highest BCUT2D eigenvalue weighted by molar-refractivity contribution is 7.93. The van der Waals surface area contributed by atoms with E-state index in [2.05, 4.69) is 4.36 Å². The normalized spacial score (nSPS) is 21.4. The van der Waals surface area contributed by atoms with E-state index < -0.39 is 55.5 Å². The molecule has 0 bridgehead atoms. The van der Waals surface area contributed by atoms with Gasteiger partial charge in [0.2, 0.25) is 6.19 Å². The number of rotatable bonds is 3. The minimum absolute atomic E-state index is 0.125. The zero-order valence-corrected chi connectivity index (χ0v) is 15.4. The van der Waals surface area contributed by atoms with Crippen molar-refractivity contribution in [1.82, 2.24) is 0 Å². The average Bonchev–Trinajstić information content (AvgIpc) is 2.82. The molecule has 0 amide bonds. The fourth-order valence-corrected chi connectivity index (χ4v) is 4.23. The van der Waals surface area contributed by atoms with Crippen molar-refractivity contribution < 1.29 is 31.6 Å². The number of halogens is 4. The van der Waals surface area contributed by atoms with Crippen LogP contribution in [0.1, 0.15) is 29.0 Å². The fraction of sp³-hybridized carbons (Fsp3) is 0.222. The summed E-state index contributed by atoms with van der Waals surface area (Å²) in [6.45, 7) is 0. The summed E-state index contributed by atoms with van der Waals surface area (Å²) in [4.78, 5) is -0.439. The van der Waals surface area contributed by atoms with E-state index in [0.717, 1.165) is 36.6 Å². The molecular formula is C18H11F4N3O3S. The third kappa shape index (κ3) is 3.39. The summed E-state index contributed by atoms with van der Waals surface area (Å²) >= 11 is 0. The lowest BCUT2D eigenvalue weighted by Gasteiger charge is -2.16. The Balaban J connectivity index is 2.25. The van der Waals surface area contributed by atoms with Crippen molar-refractivity contribution in [3.63, 3.8) is 0 Å². The number of fused-ring (bicyclic) bond motifs is 1. The molecule has 3 rings (SSSR count). The van der Waals surface area contributed by atoms with Gasteiger partial charge in [-0.15, -0.1) is 4.36 Å². The monoisotopic (exact) mass is 425 g/mol. The molecule has 0 heterocycles. The van der Waals surface area contributed by atoms with Gasteiger partial charge in [0, 0.05) is 23.4 Å². The zero-order valence-electron chi connectivity index (χ0n) is 14.6. The molecule has 2 aromatic rings. The summed E-state index contributed by atoms with van der Waals surface area (Å²) in [5.41, 5.74) is -1.62. The second kappa shape index (κ2) is 7.03. The molecule has 0 spiro atoms. The number of hydrogen-bond acceptors (Lipinski definition) is 6. The number of aliphatic hydroxyl groups excluding tert-OH is 1. The van der Waals surface area contributed by atoms with E-state index in [-0.39, 0.29) is 11.3 Å². The number of aliphatic hydroxyl groups is 1. The average molecular weight is 425 g/mol. The van der Waals surface area contributed by atoms with Crippen LogP contribution in [0.15, 0.2) is 39.6 Å². The van der Waals surface area contributed by atoms with E-state index in [1.807, 2.05) is 0 Å². The topological polar surface area (TPSA) is 106 Å². The summed E-state index contributed by atoms with van der Waals surface area (Å²) in [5.74, 6) is -5.88. The SMILES string of the molecule is C[S@@](=O)(=NC#N)c1ccc(Oc2cc(F)cc(C#N)c2)c2c1[C@H](O)C(F)(F)[C@@H]2F. The van der Waals surface area contributed by atoms with Crippen LogP contribution < -0.4 is 4.74 Å². The van der Waals surface area contributed by atoms with Gasteiger partial charge in [-0.3, -0.25) is 0 Å². The van der Waals surface area contributed by atoms with Gasteiger partial charge in [-0.2, -0.15) is 19.3 Å². The lowest BCUT2D eigenvalue weighted by atomic mass is 10.1. The van der Waals surface area contributed by atoms with Crippen LogP contribution in [-0.4, -0.2) is 21.5 Å². The highest BCUT2D eigenvalue weighted by atomic mass is 32.2. The van der Waals surface area contributed by atoms with Crippen LogP contribution >= 0.6 is 0 Å². The number of ether oxygens (including phenoxy) is 1. The van der Waals surface area contributed by atoms with Crippen LogP contribution in [0.3, 0.4) is 0 Å². The van der Waals surface area contributed by atoms with Crippen molar-refractivity contribution >= 4 is 9.73 Å². The maximum atomic E-state index is 14.6. The van der Waals surface area contributed by atoms with Gasteiger partial charge in [0.05, 0.1) is 26.3 Å². The number of benzene rings is 2. The predicted octanol–water partition coefficient (Wildman–Crippen LogP) is 4.12. The van der Waals surface area contributed by atoms with E-state index in [1.165, 1.54) is 6.19 Å². The van der Waals surface area contributed by atoms with Crippen molar-refractivity contribution in [3.05, 3.63) is 52.8 Å². The van der Waals surface area contributed by atoms with Gasteiger partial charge in [-0.05, 0) is 24.3 Å². The molecule has 1 aliphatic rings. The van der Waals surface area contributed by atoms with Crippen LogP contribution in [0.4, 0.5) is 17.6 Å².